The van der Waals surface area contributed by atoms with Gasteiger partial charge in [0.15, 0.2) is 5.69 Å². The molecule has 4 rings (SSSR count). The third-order valence-electron chi connectivity index (χ3n) is 5.14. The van der Waals surface area contributed by atoms with Crippen molar-refractivity contribution in [1.82, 2.24) is 19.3 Å². The molecule has 1 amide bonds. The molecule has 3 heterocycles. The van der Waals surface area contributed by atoms with E-state index in [4.69, 9.17) is 4.74 Å². The second-order valence-electron chi connectivity index (χ2n) is 7.76. The first kappa shape index (κ1) is 21.8. The molecule has 1 saturated heterocycles. The first-order valence-electron chi connectivity index (χ1n) is 10.0. The summed E-state index contributed by atoms with van der Waals surface area (Å²) < 4.78 is 61.1. The number of ether oxygens (including phenoxy) is 1. The lowest BCUT2D eigenvalue weighted by molar-refractivity contribution is -0.141. The summed E-state index contributed by atoms with van der Waals surface area (Å²) in [5, 5.41) is 4.31. The highest BCUT2D eigenvalue weighted by molar-refractivity contribution is 5.99. The monoisotopic (exact) mass is 451 g/mol. The Balaban J connectivity index is 1.68. The Labute approximate surface area is 181 Å². The minimum atomic E-state index is -4.59. The number of imidazole rings is 1. The maximum Gasteiger partial charge on any atom is 0.434 e. The van der Waals surface area contributed by atoms with Gasteiger partial charge in [0.05, 0.1) is 18.0 Å². The quantitative estimate of drug-likeness (QED) is 0.543. The Kier molecular flexibility index (Phi) is 5.43. The number of benzene rings is 1. The fourth-order valence-electron chi connectivity index (χ4n) is 3.71. The van der Waals surface area contributed by atoms with Crippen LogP contribution in [0.15, 0.2) is 36.7 Å². The molecule has 0 saturated carbocycles. The van der Waals surface area contributed by atoms with Gasteiger partial charge < -0.3 is 14.2 Å². The number of alkyl halides is 3. The van der Waals surface area contributed by atoms with Gasteiger partial charge in [-0.05, 0) is 51.5 Å². The summed E-state index contributed by atoms with van der Waals surface area (Å²) in [6.45, 7) is 5.33. The van der Waals surface area contributed by atoms with Crippen molar-refractivity contribution >= 4 is 11.6 Å². The zero-order valence-electron chi connectivity index (χ0n) is 17.6. The zero-order valence-corrected chi connectivity index (χ0v) is 17.6. The van der Waals surface area contributed by atoms with Crippen LogP contribution in [0.4, 0.5) is 23.2 Å². The molecule has 0 N–H and O–H groups in total. The van der Waals surface area contributed by atoms with E-state index in [1.807, 2.05) is 13.8 Å². The summed E-state index contributed by atoms with van der Waals surface area (Å²) in [5.74, 6) is -0.387. The molecule has 2 aromatic heterocycles. The molecular weight excluding hydrogens is 430 g/mol. The zero-order chi connectivity index (χ0) is 23.2. The standard InChI is InChI=1S/C21H21F4N5O2/c1-12(2)32-20-17(10-26-30(20)15-6-4-14(22)5-7-15)28-9-8-16(19(28)31)29-11-18(21(23,24)25)27-13(29)3/h4-7,10-12,16H,8-9H2,1-3H3. The van der Waals surface area contributed by atoms with Crippen LogP contribution in [0.5, 0.6) is 5.88 Å². The van der Waals surface area contributed by atoms with Gasteiger partial charge in [0.25, 0.3) is 0 Å². The molecule has 32 heavy (non-hydrogen) atoms. The van der Waals surface area contributed by atoms with E-state index in [1.54, 1.807) is 0 Å². The summed E-state index contributed by atoms with van der Waals surface area (Å²) >= 11 is 0. The third kappa shape index (κ3) is 3.94. The minimum Gasteiger partial charge on any atom is -0.473 e. The number of nitrogens with zero attached hydrogens (tertiary/aromatic N) is 5. The maximum absolute atomic E-state index is 13.3. The Bertz CT molecular complexity index is 1130. The molecule has 0 aliphatic carbocycles. The Morgan fingerprint density at radius 1 is 1.19 bits per heavy atom. The number of carbonyl (C=O) groups is 1. The van der Waals surface area contributed by atoms with Crippen molar-refractivity contribution in [2.45, 2.75) is 45.5 Å². The number of anilines is 1. The normalized spacial score (nSPS) is 16.9. The molecule has 3 aromatic rings. The highest BCUT2D eigenvalue weighted by Gasteiger charge is 2.40. The van der Waals surface area contributed by atoms with Crippen LogP contribution in [0.25, 0.3) is 5.69 Å². The van der Waals surface area contributed by atoms with Crippen LogP contribution in [0.1, 0.15) is 37.8 Å². The average Bonchev–Trinajstić information content (AvgIpc) is 3.39. The van der Waals surface area contributed by atoms with Gasteiger partial charge >= 0.3 is 6.18 Å². The molecule has 1 aliphatic heterocycles. The molecule has 0 radical (unpaired) electrons. The molecule has 0 spiro atoms. The van der Waals surface area contributed by atoms with Crippen LogP contribution in [0.3, 0.4) is 0 Å². The van der Waals surface area contributed by atoms with Crippen LogP contribution in [0, 0.1) is 12.7 Å². The number of halogens is 4. The van der Waals surface area contributed by atoms with Crippen LogP contribution in [-0.4, -0.2) is 37.9 Å². The molecule has 170 valence electrons. The maximum atomic E-state index is 13.3. The van der Waals surface area contributed by atoms with Crippen LogP contribution >= 0.6 is 0 Å². The number of amides is 1. The van der Waals surface area contributed by atoms with Gasteiger partial charge in [-0.3, -0.25) is 4.79 Å². The topological polar surface area (TPSA) is 65.2 Å². The fourth-order valence-corrected chi connectivity index (χ4v) is 3.71. The number of hydrogen-bond acceptors (Lipinski definition) is 4. The van der Waals surface area contributed by atoms with Crippen molar-refractivity contribution < 1.29 is 27.1 Å². The lowest BCUT2D eigenvalue weighted by Crippen LogP contribution is -2.29. The van der Waals surface area contributed by atoms with E-state index in [-0.39, 0.29) is 24.4 Å². The number of rotatable bonds is 5. The van der Waals surface area contributed by atoms with Crippen molar-refractivity contribution in [2.75, 3.05) is 11.4 Å². The molecule has 1 fully saturated rings. The van der Waals surface area contributed by atoms with Crippen LogP contribution in [-0.2, 0) is 11.0 Å². The number of aromatic nitrogens is 4. The largest absolute Gasteiger partial charge is 0.473 e. The van der Waals surface area contributed by atoms with Crippen LogP contribution < -0.4 is 9.64 Å². The summed E-state index contributed by atoms with van der Waals surface area (Å²) in [5.41, 5.74) is -0.102. The predicted molar refractivity (Wildman–Crippen MR) is 107 cm³/mol. The molecule has 1 atom stereocenters. The SMILES string of the molecule is Cc1nc(C(F)(F)F)cn1C1CCN(c2cnn(-c3ccc(F)cc3)c2OC(C)C)C1=O. The molecular formula is C21H21F4N5O2. The van der Waals surface area contributed by atoms with E-state index in [9.17, 15) is 22.4 Å². The van der Waals surface area contributed by atoms with Gasteiger partial charge in [-0.25, -0.2) is 9.37 Å². The summed E-state index contributed by atoms with van der Waals surface area (Å²) in [6.07, 6.45) is -2.20. The van der Waals surface area contributed by atoms with Gasteiger partial charge in [0.1, 0.15) is 23.4 Å². The van der Waals surface area contributed by atoms with Gasteiger partial charge in [0, 0.05) is 12.7 Å². The molecule has 1 unspecified atom stereocenters. The highest BCUT2D eigenvalue weighted by atomic mass is 19.4. The second kappa shape index (κ2) is 7.95. The minimum absolute atomic E-state index is 0.109. The smallest absolute Gasteiger partial charge is 0.434 e. The Morgan fingerprint density at radius 3 is 2.47 bits per heavy atom. The molecule has 1 aromatic carbocycles. The summed E-state index contributed by atoms with van der Waals surface area (Å²) in [7, 11) is 0. The molecule has 7 nitrogen and oxygen atoms in total. The van der Waals surface area contributed by atoms with Crippen molar-refractivity contribution in [3.63, 3.8) is 0 Å². The number of carbonyl (C=O) groups excluding carboxylic acids is 1. The average molecular weight is 451 g/mol. The van der Waals surface area contributed by atoms with Gasteiger partial charge in [-0.2, -0.15) is 23.0 Å². The fraction of sp³-hybridized carbons (Fsp3) is 0.381. The van der Waals surface area contributed by atoms with Crippen molar-refractivity contribution in [3.05, 3.63) is 54.0 Å². The third-order valence-corrected chi connectivity index (χ3v) is 5.14. The van der Waals surface area contributed by atoms with Gasteiger partial charge in [0.2, 0.25) is 11.8 Å². The number of hydrogen-bond donors (Lipinski definition) is 0. The van der Waals surface area contributed by atoms with E-state index >= 15 is 0 Å². The molecule has 11 heteroatoms. The van der Waals surface area contributed by atoms with Gasteiger partial charge in [-0.15, -0.1) is 0 Å². The van der Waals surface area contributed by atoms with E-state index in [0.29, 0.717) is 23.7 Å². The highest BCUT2D eigenvalue weighted by Crippen LogP contribution is 2.38. The van der Waals surface area contributed by atoms with Crippen molar-refractivity contribution in [1.29, 1.82) is 0 Å². The lowest BCUT2D eigenvalue weighted by atomic mass is 10.2. The molecule has 0 bridgehead atoms. The predicted octanol–water partition coefficient (Wildman–Crippen LogP) is 4.30. The first-order chi connectivity index (χ1) is 15.1. The summed E-state index contributed by atoms with van der Waals surface area (Å²) in [4.78, 5) is 18.2. The van der Waals surface area contributed by atoms with Gasteiger partial charge in [-0.1, -0.05) is 0 Å². The summed E-state index contributed by atoms with van der Waals surface area (Å²) in [6, 6.07) is 4.81. The Hall–Kier alpha value is -3.37. The lowest BCUT2D eigenvalue weighted by Gasteiger charge is -2.20. The van der Waals surface area contributed by atoms with E-state index < -0.39 is 23.7 Å². The molecule has 1 aliphatic rings. The van der Waals surface area contributed by atoms with E-state index in [1.165, 1.54) is 51.5 Å². The van der Waals surface area contributed by atoms with Crippen molar-refractivity contribution in [2.24, 2.45) is 0 Å². The Morgan fingerprint density at radius 2 is 1.88 bits per heavy atom. The van der Waals surface area contributed by atoms with E-state index in [2.05, 4.69) is 10.1 Å². The first-order valence-corrected chi connectivity index (χ1v) is 10.0. The van der Waals surface area contributed by atoms with E-state index in [0.717, 1.165) is 6.20 Å². The second-order valence-corrected chi connectivity index (χ2v) is 7.76. The number of aryl methyl sites for hydroxylation is 1. The van der Waals surface area contributed by atoms with Crippen LogP contribution in [0.2, 0.25) is 0 Å². The van der Waals surface area contributed by atoms with Crippen molar-refractivity contribution in [3.8, 4) is 11.6 Å².